The Morgan fingerprint density at radius 1 is 1.21 bits per heavy atom. The molecule has 3 rings (SSSR count). The molecule has 24 heavy (non-hydrogen) atoms. The zero-order valence-corrected chi connectivity index (χ0v) is 14.4. The molecule has 8 heteroatoms. The van der Waals surface area contributed by atoms with Gasteiger partial charge in [0.15, 0.2) is 0 Å². The Labute approximate surface area is 142 Å². The van der Waals surface area contributed by atoms with Gasteiger partial charge in [0, 0.05) is 38.5 Å². The Bertz CT molecular complexity index is 587. The highest BCUT2D eigenvalue weighted by Crippen LogP contribution is 2.22. The molecule has 0 saturated carbocycles. The quantitative estimate of drug-likeness (QED) is 0.767. The SMILES string of the molecule is Cc1nnnn1CCC(=O)N1CCCC[C@H]1CCN1CCCC1=O. The number of tetrazole rings is 1. The molecule has 1 atom stereocenters. The summed E-state index contributed by atoms with van der Waals surface area (Å²) in [4.78, 5) is 28.4. The third-order valence-electron chi connectivity index (χ3n) is 5.10. The zero-order valence-electron chi connectivity index (χ0n) is 14.4. The van der Waals surface area contributed by atoms with Gasteiger partial charge in [-0.3, -0.25) is 9.59 Å². The molecule has 1 aromatic heterocycles. The first kappa shape index (κ1) is 16.9. The monoisotopic (exact) mass is 334 g/mol. The summed E-state index contributed by atoms with van der Waals surface area (Å²) in [6.45, 7) is 4.83. The molecule has 3 heterocycles. The molecular formula is C16H26N6O2. The maximum absolute atomic E-state index is 12.6. The minimum atomic E-state index is 0.169. The first-order chi connectivity index (χ1) is 11.6. The van der Waals surface area contributed by atoms with Crippen LogP contribution >= 0.6 is 0 Å². The Kier molecular flexibility index (Phi) is 5.42. The molecule has 0 aromatic carbocycles. The van der Waals surface area contributed by atoms with Gasteiger partial charge in [-0.15, -0.1) is 5.10 Å². The van der Waals surface area contributed by atoms with Crippen LogP contribution in [0.3, 0.4) is 0 Å². The van der Waals surface area contributed by atoms with Crippen LogP contribution in [0.1, 0.15) is 50.8 Å². The van der Waals surface area contributed by atoms with Gasteiger partial charge in [-0.1, -0.05) is 0 Å². The summed E-state index contributed by atoms with van der Waals surface area (Å²) < 4.78 is 1.67. The molecule has 2 aliphatic rings. The normalized spacial score (nSPS) is 21.5. The van der Waals surface area contributed by atoms with Crippen LogP contribution in [-0.2, 0) is 16.1 Å². The van der Waals surface area contributed by atoms with Gasteiger partial charge in [-0.05, 0) is 49.5 Å². The topological polar surface area (TPSA) is 84.2 Å². The number of rotatable bonds is 6. The molecule has 8 nitrogen and oxygen atoms in total. The smallest absolute Gasteiger partial charge is 0.224 e. The molecule has 1 aromatic rings. The van der Waals surface area contributed by atoms with E-state index in [0.29, 0.717) is 19.4 Å². The molecule has 0 N–H and O–H groups in total. The molecule has 0 spiro atoms. The van der Waals surface area contributed by atoms with E-state index >= 15 is 0 Å². The van der Waals surface area contributed by atoms with Crippen molar-refractivity contribution in [2.24, 2.45) is 0 Å². The third-order valence-corrected chi connectivity index (χ3v) is 5.10. The number of hydrogen-bond donors (Lipinski definition) is 0. The molecule has 0 bridgehead atoms. The highest BCUT2D eigenvalue weighted by Gasteiger charge is 2.28. The third kappa shape index (κ3) is 3.91. The summed E-state index contributed by atoms with van der Waals surface area (Å²) in [7, 11) is 0. The Morgan fingerprint density at radius 3 is 2.79 bits per heavy atom. The highest BCUT2D eigenvalue weighted by molar-refractivity contribution is 5.78. The number of aromatic nitrogens is 4. The van der Waals surface area contributed by atoms with E-state index in [4.69, 9.17) is 0 Å². The van der Waals surface area contributed by atoms with Crippen LogP contribution in [0.15, 0.2) is 0 Å². The van der Waals surface area contributed by atoms with E-state index in [-0.39, 0.29) is 17.9 Å². The van der Waals surface area contributed by atoms with Crippen LogP contribution in [0.25, 0.3) is 0 Å². The number of nitrogens with zero attached hydrogens (tertiary/aromatic N) is 6. The van der Waals surface area contributed by atoms with Crippen LogP contribution in [0.2, 0.25) is 0 Å². The van der Waals surface area contributed by atoms with Gasteiger partial charge in [-0.2, -0.15) is 0 Å². The maximum atomic E-state index is 12.6. The van der Waals surface area contributed by atoms with E-state index < -0.39 is 0 Å². The van der Waals surface area contributed by atoms with E-state index in [2.05, 4.69) is 15.5 Å². The average Bonchev–Trinajstić information content (AvgIpc) is 3.19. The lowest BCUT2D eigenvalue weighted by atomic mass is 9.98. The fourth-order valence-electron chi connectivity index (χ4n) is 3.68. The summed E-state index contributed by atoms with van der Waals surface area (Å²) in [5, 5.41) is 11.3. The fourth-order valence-corrected chi connectivity index (χ4v) is 3.68. The predicted octanol–water partition coefficient (Wildman–Crippen LogP) is 0.765. The maximum Gasteiger partial charge on any atom is 0.224 e. The van der Waals surface area contributed by atoms with Crippen molar-refractivity contribution in [3.63, 3.8) is 0 Å². The van der Waals surface area contributed by atoms with Crippen LogP contribution < -0.4 is 0 Å². The number of amides is 2. The van der Waals surface area contributed by atoms with Crippen molar-refractivity contribution in [1.29, 1.82) is 0 Å². The van der Waals surface area contributed by atoms with E-state index in [1.807, 2.05) is 16.7 Å². The summed E-state index contributed by atoms with van der Waals surface area (Å²) in [5.41, 5.74) is 0. The van der Waals surface area contributed by atoms with Gasteiger partial charge in [0.2, 0.25) is 11.8 Å². The Balaban J connectivity index is 1.52. The number of hydrogen-bond acceptors (Lipinski definition) is 5. The highest BCUT2D eigenvalue weighted by atomic mass is 16.2. The largest absolute Gasteiger partial charge is 0.343 e. The molecule has 0 unspecified atom stereocenters. The van der Waals surface area contributed by atoms with Gasteiger partial charge in [0.05, 0.1) is 6.54 Å². The molecule has 132 valence electrons. The van der Waals surface area contributed by atoms with E-state index in [1.165, 1.54) is 0 Å². The minimum absolute atomic E-state index is 0.169. The molecule has 2 saturated heterocycles. The fraction of sp³-hybridized carbons (Fsp3) is 0.812. The van der Waals surface area contributed by atoms with Gasteiger partial charge in [-0.25, -0.2) is 4.68 Å². The van der Waals surface area contributed by atoms with E-state index in [0.717, 1.165) is 57.6 Å². The molecule has 0 aliphatic carbocycles. The van der Waals surface area contributed by atoms with Crippen molar-refractivity contribution in [2.45, 2.75) is 64.5 Å². The number of likely N-dealkylation sites (tertiary alicyclic amines) is 2. The van der Waals surface area contributed by atoms with Gasteiger partial charge in [0.1, 0.15) is 5.82 Å². The zero-order chi connectivity index (χ0) is 16.9. The second-order valence-corrected chi connectivity index (χ2v) is 6.71. The van der Waals surface area contributed by atoms with Crippen molar-refractivity contribution >= 4 is 11.8 Å². The first-order valence-electron chi connectivity index (χ1n) is 8.95. The van der Waals surface area contributed by atoms with Crippen LogP contribution in [0.5, 0.6) is 0 Å². The second kappa shape index (κ2) is 7.72. The van der Waals surface area contributed by atoms with E-state index in [1.54, 1.807) is 4.68 Å². The first-order valence-corrected chi connectivity index (χ1v) is 8.95. The lowest BCUT2D eigenvalue weighted by molar-refractivity contribution is -0.135. The summed E-state index contributed by atoms with van der Waals surface area (Å²) in [6.07, 6.45) is 6.23. The van der Waals surface area contributed by atoms with Crippen molar-refractivity contribution in [1.82, 2.24) is 30.0 Å². The number of piperidine rings is 1. The predicted molar refractivity (Wildman–Crippen MR) is 87.0 cm³/mol. The molecule has 0 radical (unpaired) electrons. The number of carbonyl (C=O) groups is 2. The summed E-state index contributed by atoms with van der Waals surface area (Å²) in [5.74, 6) is 1.16. The van der Waals surface area contributed by atoms with Gasteiger partial charge in [0.25, 0.3) is 0 Å². The molecule has 2 fully saturated rings. The molecular weight excluding hydrogens is 308 g/mol. The van der Waals surface area contributed by atoms with Gasteiger partial charge >= 0.3 is 0 Å². The average molecular weight is 334 g/mol. The van der Waals surface area contributed by atoms with Crippen molar-refractivity contribution in [2.75, 3.05) is 19.6 Å². The minimum Gasteiger partial charge on any atom is -0.343 e. The summed E-state index contributed by atoms with van der Waals surface area (Å²) >= 11 is 0. The lowest BCUT2D eigenvalue weighted by Crippen LogP contribution is -2.45. The Hall–Kier alpha value is -1.99. The number of aryl methyl sites for hydroxylation is 2. The Morgan fingerprint density at radius 2 is 2.08 bits per heavy atom. The van der Waals surface area contributed by atoms with Crippen LogP contribution in [0.4, 0.5) is 0 Å². The van der Waals surface area contributed by atoms with Crippen LogP contribution in [0, 0.1) is 6.92 Å². The standard InChI is InChI=1S/C16H26N6O2/c1-13-17-18-19-22(13)12-8-16(24)21-10-3-2-5-14(21)7-11-20-9-4-6-15(20)23/h14H,2-12H2,1H3/t14-/m0/s1. The molecule has 2 aliphatic heterocycles. The van der Waals surface area contributed by atoms with Crippen molar-refractivity contribution in [3.8, 4) is 0 Å². The lowest BCUT2D eigenvalue weighted by Gasteiger charge is -2.36. The second-order valence-electron chi connectivity index (χ2n) is 6.71. The van der Waals surface area contributed by atoms with Crippen molar-refractivity contribution in [3.05, 3.63) is 5.82 Å². The number of carbonyl (C=O) groups excluding carboxylic acids is 2. The summed E-state index contributed by atoms with van der Waals surface area (Å²) in [6, 6.07) is 0.259. The van der Waals surface area contributed by atoms with Crippen molar-refractivity contribution < 1.29 is 9.59 Å². The van der Waals surface area contributed by atoms with Crippen LogP contribution in [-0.4, -0.2) is 67.5 Å². The van der Waals surface area contributed by atoms with E-state index in [9.17, 15) is 9.59 Å². The van der Waals surface area contributed by atoms with Gasteiger partial charge < -0.3 is 9.80 Å². The molecule has 2 amide bonds.